The summed E-state index contributed by atoms with van der Waals surface area (Å²) in [7, 11) is 4.10. The van der Waals surface area contributed by atoms with Crippen molar-refractivity contribution in [2.75, 3.05) is 20.6 Å². The molecule has 25 heavy (non-hydrogen) atoms. The zero-order chi connectivity index (χ0) is 17.6. The Labute approximate surface area is 149 Å². The first-order chi connectivity index (χ1) is 12.1. The van der Waals surface area contributed by atoms with Crippen molar-refractivity contribution in [3.05, 3.63) is 71.8 Å². The fourth-order valence-corrected chi connectivity index (χ4v) is 3.32. The Morgan fingerprint density at radius 1 is 1.04 bits per heavy atom. The molecule has 1 heterocycles. The molecule has 3 N–H and O–H groups in total. The van der Waals surface area contributed by atoms with E-state index in [0.717, 1.165) is 24.1 Å². The van der Waals surface area contributed by atoms with Crippen LogP contribution in [0.3, 0.4) is 0 Å². The number of amides is 1. The van der Waals surface area contributed by atoms with E-state index in [-0.39, 0.29) is 18.0 Å². The zero-order valence-electron chi connectivity index (χ0n) is 14.8. The van der Waals surface area contributed by atoms with E-state index in [2.05, 4.69) is 35.2 Å². The molecule has 1 saturated heterocycles. The minimum atomic E-state index is -0.308. The van der Waals surface area contributed by atoms with Gasteiger partial charge in [-0.15, -0.1) is 0 Å². The number of hydrazine groups is 1. The summed E-state index contributed by atoms with van der Waals surface area (Å²) in [6, 6.07) is 20.2. The van der Waals surface area contributed by atoms with Crippen molar-refractivity contribution < 1.29 is 4.79 Å². The first-order valence-electron chi connectivity index (χ1n) is 8.69. The van der Waals surface area contributed by atoms with Crippen LogP contribution in [0.2, 0.25) is 0 Å². The lowest BCUT2D eigenvalue weighted by atomic mass is 9.90. The van der Waals surface area contributed by atoms with Crippen LogP contribution in [0.15, 0.2) is 60.7 Å². The van der Waals surface area contributed by atoms with Gasteiger partial charge in [0.2, 0.25) is 5.91 Å². The van der Waals surface area contributed by atoms with E-state index < -0.39 is 0 Å². The summed E-state index contributed by atoms with van der Waals surface area (Å²) in [6.07, 6.45) is 0.799. The number of carbonyl (C=O) groups is 1. The first kappa shape index (κ1) is 17.6. The Morgan fingerprint density at radius 3 is 2.12 bits per heavy atom. The van der Waals surface area contributed by atoms with E-state index in [1.807, 2.05) is 60.7 Å². The van der Waals surface area contributed by atoms with Gasteiger partial charge in [0.05, 0.1) is 12.1 Å². The number of nitrogens with zero attached hydrogens (tertiary/aromatic N) is 1. The molecule has 0 bridgehead atoms. The van der Waals surface area contributed by atoms with Crippen LogP contribution in [0.1, 0.15) is 23.5 Å². The van der Waals surface area contributed by atoms with Gasteiger partial charge < -0.3 is 10.2 Å². The first-order valence-corrected chi connectivity index (χ1v) is 8.69. The van der Waals surface area contributed by atoms with Crippen molar-refractivity contribution in [2.24, 2.45) is 0 Å². The molecule has 2 aromatic carbocycles. The topological polar surface area (TPSA) is 56.4 Å². The second kappa shape index (κ2) is 8.25. The lowest BCUT2D eigenvalue weighted by molar-refractivity contribution is -0.122. The molecular weight excluding hydrogens is 312 g/mol. The van der Waals surface area contributed by atoms with Gasteiger partial charge in [-0.05, 0) is 25.2 Å². The quantitative estimate of drug-likeness (QED) is 0.750. The molecule has 0 radical (unpaired) electrons. The molecule has 0 aliphatic carbocycles. The van der Waals surface area contributed by atoms with Crippen LogP contribution in [0.5, 0.6) is 0 Å². The highest BCUT2D eigenvalue weighted by atomic mass is 16.2. The van der Waals surface area contributed by atoms with E-state index in [1.165, 1.54) is 0 Å². The summed E-state index contributed by atoms with van der Waals surface area (Å²) in [5.74, 6) is -0.292. The number of benzene rings is 2. The van der Waals surface area contributed by atoms with Gasteiger partial charge >= 0.3 is 0 Å². The van der Waals surface area contributed by atoms with Crippen LogP contribution < -0.4 is 16.2 Å². The molecule has 0 saturated carbocycles. The molecule has 5 nitrogen and oxygen atoms in total. The Balaban J connectivity index is 1.73. The maximum Gasteiger partial charge on any atom is 0.233 e. The molecule has 5 heteroatoms. The summed E-state index contributed by atoms with van der Waals surface area (Å²) in [5, 5.41) is 3.15. The molecule has 2 atom stereocenters. The molecule has 3 rings (SSSR count). The van der Waals surface area contributed by atoms with Gasteiger partial charge in [-0.1, -0.05) is 60.7 Å². The third-order valence-corrected chi connectivity index (χ3v) is 4.41. The number of hydrogen-bond acceptors (Lipinski definition) is 4. The van der Waals surface area contributed by atoms with Crippen LogP contribution in [0.4, 0.5) is 0 Å². The van der Waals surface area contributed by atoms with E-state index in [0.29, 0.717) is 6.04 Å². The molecule has 1 aliphatic rings. The third kappa shape index (κ3) is 4.66. The molecule has 1 fully saturated rings. The van der Waals surface area contributed by atoms with Crippen molar-refractivity contribution in [3.8, 4) is 0 Å². The lowest BCUT2D eigenvalue weighted by Gasteiger charge is -2.21. The predicted octanol–water partition coefficient (Wildman–Crippen LogP) is 1.69. The summed E-state index contributed by atoms with van der Waals surface area (Å²) in [6.45, 7) is 0.931. The number of likely N-dealkylation sites (N-methyl/N-ethyl adjacent to an activating group) is 1. The van der Waals surface area contributed by atoms with Gasteiger partial charge in [-0.25, -0.2) is 5.43 Å². The summed E-state index contributed by atoms with van der Waals surface area (Å²) >= 11 is 0. The highest BCUT2D eigenvalue weighted by Crippen LogP contribution is 2.25. The maximum absolute atomic E-state index is 13.0. The Morgan fingerprint density at radius 2 is 1.60 bits per heavy atom. The second-order valence-electron chi connectivity index (χ2n) is 6.80. The average Bonchev–Trinajstić information content (AvgIpc) is 3.03. The van der Waals surface area contributed by atoms with E-state index in [9.17, 15) is 4.79 Å². The predicted molar refractivity (Wildman–Crippen MR) is 99.9 cm³/mol. The van der Waals surface area contributed by atoms with Gasteiger partial charge in [-0.3, -0.25) is 10.2 Å². The number of nitrogens with one attached hydrogen (secondary N) is 3. The zero-order valence-corrected chi connectivity index (χ0v) is 14.8. The smallest absolute Gasteiger partial charge is 0.233 e. The van der Waals surface area contributed by atoms with E-state index in [1.54, 1.807) is 0 Å². The highest BCUT2D eigenvalue weighted by molar-refractivity contribution is 5.87. The third-order valence-electron chi connectivity index (χ3n) is 4.41. The van der Waals surface area contributed by atoms with Crippen LogP contribution in [0, 0.1) is 0 Å². The van der Waals surface area contributed by atoms with Crippen LogP contribution in [-0.4, -0.2) is 43.7 Å². The standard InChI is InChI=1S/C20H26N4O/c1-24(2)14-17-13-18(23-22-17)21-20(25)19(15-9-5-3-6-10-15)16-11-7-4-8-12-16/h3-12,17-19,22-23H,13-14H2,1-2H3,(H,21,25). The molecule has 1 amide bonds. The normalized spacial score (nSPS) is 20.2. The summed E-state index contributed by atoms with van der Waals surface area (Å²) < 4.78 is 0. The molecule has 132 valence electrons. The number of rotatable bonds is 6. The van der Waals surface area contributed by atoms with Gasteiger partial charge in [0.1, 0.15) is 0 Å². The Bertz CT molecular complexity index is 635. The van der Waals surface area contributed by atoms with Crippen molar-refractivity contribution in [1.82, 2.24) is 21.1 Å². The second-order valence-corrected chi connectivity index (χ2v) is 6.80. The highest BCUT2D eigenvalue weighted by Gasteiger charge is 2.29. The Hall–Kier alpha value is -2.21. The van der Waals surface area contributed by atoms with Crippen LogP contribution >= 0.6 is 0 Å². The van der Waals surface area contributed by atoms with Crippen molar-refractivity contribution in [2.45, 2.75) is 24.5 Å². The minimum Gasteiger partial charge on any atom is -0.339 e. The molecular formula is C20H26N4O. The lowest BCUT2D eigenvalue weighted by Crippen LogP contribution is -2.46. The van der Waals surface area contributed by atoms with Crippen molar-refractivity contribution in [3.63, 3.8) is 0 Å². The fraction of sp³-hybridized carbons (Fsp3) is 0.350. The number of carbonyl (C=O) groups excluding carboxylic acids is 1. The average molecular weight is 338 g/mol. The van der Waals surface area contributed by atoms with Gasteiger partial charge in [-0.2, -0.15) is 0 Å². The molecule has 0 aromatic heterocycles. The summed E-state index contributed by atoms with van der Waals surface area (Å²) in [4.78, 5) is 15.2. The van der Waals surface area contributed by atoms with Crippen molar-refractivity contribution in [1.29, 1.82) is 0 Å². The van der Waals surface area contributed by atoms with Gasteiger partial charge in [0, 0.05) is 19.0 Å². The van der Waals surface area contributed by atoms with E-state index >= 15 is 0 Å². The molecule has 0 spiro atoms. The summed E-state index contributed by atoms with van der Waals surface area (Å²) in [5.41, 5.74) is 8.45. The molecule has 1 aliphatic heterocycles. The van der Waals surface area contributed by atoms with Gasteiger partial charge in [0.15, 0.2) is 0 Å². The SMILES string of the molecule is CN(C)CC1CC(NC(=O)C(c2ccccc2)c2ccccc2)NN1. The minimum absolute atomic E-state index is 0.0159. The van der Waals surface area contributed by atoms with Crippen molar-refractivity contribution >= 4 is 5.91 Å². The van der Waals surface area contributed by atoms with Gasteiger partial charge in [0.25, 0.3) is 0 Å². The van der Waals surface area contributed by atoms with Crippen LogP contribution in [0.25, 0.3) is 0 Å². The molecule has 2 unspecified atom stereocenters. The van der Waals surface area contributed by atoms with Crippen LogP contribution in [-0.2, 0) is 4.79 Å². The monoisotopic (exact) mass is 338 g/mol. The van der Waals surface area contributed by atoms with E-state index in [4.69, 9.17) is 0 Å². The Kier molecular flexibility index (Phi) is 5.81. The molecule has 2 aromatic rings. The largest absolute Gasteiger partial charge is 0.339 e. The fourth-order valence-electron chi connectivity index (χ4n) is 3.32. The number of hydrogen-bond donors (Lipinski definition) is 3. The maximum atomic E-state index is 13.0.